The molecule has 7 nitrogen and oxygen atoms in total. The molecule has 4 aromatic heterocycles. The topological polar surface area (TPSA) is 88.1 Å². The number of hydrogen-bond donors (Lipinski definition) is 1. The van der Waals surface area contributed by atoms with Gasteiger partial charge in [-0.3, -0.25) is 4.98 Å². The summed E-state index contributed by atoms with van der Waals surface area (Å²) in [6, 6.07) is 7.43. The van der Waals surface area contributed by atoms with Gasteiger partial charge in [-0.25, -0.2) is 18.4 Å². The highest BCUT2D eigenvalue weighted by Crippen LogP contribution is 2.35. The number of fused-ring (bicyclic) bond motifs is 1. The lowest BCUT2D eigenvalue weighted by Gasteiger charge is -2.25. The molecule has 0 amide bonds. The second-order valence-corrected chi connectivity index (χ2v) is 12.7. The van der Waals surface area contributed by atoms with Crippen molar-refractivity contribution in [1.82, 2.24) is 19.3 Å². The average Bonchev–Trinajstić information content (AvgIpc) is 3.43. The summed E-state index contributed by atoms with van der Waals surface area (Å²) >= 11 is 2.98. The van der Waals surface area contributed by atoms with Crippen molar-refractivity contribution < 1.29 is 8.42 Å². The summed E-state index contributed by atoms with van der Waals surface area (Å²) in [6.45, 7) is 5.89. The van der Waals surface area contributed by atoms with E-state index in [-0.39, 0.29) is 0 Å². The smallest absolute Gasteiger partial charge is 0.252 e. The van der Waals surface area contributed by atoms with Crippen LogP contribution in [0.2, 0.25) is 0 Å². The van der Waals surface area contributed by atoms with E-state index < -0.39 is 10.0 Å². The average molecular weight is 500 g/mol. The van der Waals surface area contributed by atoms with Crippen molar-refractivity contribution in [1.29, 1.82) is 0 Å². The van der Waals surface area contributed by atoms with Crippen LogP contribution in [0.25, 0.3) is 21.6 Å². The Bertz CT molecular complexity index is 1390. The number of anilines is 1. The maximum atomic E-state index is 13.0. The number of aryl methyl sites for hydroxylation is 2. The molecule has 1 N–H and O–H groups in total. The molecule has 0 spiro atoms. The molecule has 4 aromatic rings. The minimum Gasteiger partial charge on any atom is -0.365 e. The Morgan fingerprint density at radius 3 is 2.64 bits per heavy atom. The molecule has 0 saturated carbocycles. The molecule has 33 heavy (non-hydrogen) atoms. The van der Waals surface area contributed by atoms with Crippen LogP contribution in [0.3, 0.4) is 0 Å². The summed E-state index contributed by atoms with van der Waals surface area (Å²) in [6.07, 6.45) is 6.45. The third kappa shape index (κ3) is 4.40. The Kier molecular flexibility index (Phi) is 6.17. The third-order valence-corrected chi connectivity index (χ3v) is 10.5. The van der Waals surface area contributed by atoms with E-state index in [1.807, 2.05) is 18.2 Å². The van der Waals surface area contributed by atoms with Crippen LogP contribution in [0, 0.1) is 13.8 Å². The fourth-order valence-electron chi connectivity index (χ4n) is 4.00. The molecule has 0 bridgehead atoms. The predicted octanol–water partition coefficient (Wildman–Crippen LogP) is 5.22. The Balaban J connectivity index is 1.43. The highest BCUT2D eigenvalue weighted by atomic mass is 32.2. The van der Waals surface area contributed by atoms with Crippen molar-refractivity contribution in [2.45, 2.75) is 43.9 Å². The van der Waals surface area contributed by atoms with Crippen LogP contribution in [0.15, 0.2) is 40.9 Å². The van der Waals surface area contributed by atoms with E-state index in [2.05, 4.69) is 24.1 Å². The summed E-state index contributed by atoms with van der Waals surface area (Å²) < 4.78 is 28.0. The summed E-state index contributed by atoms with van der Waals surface area (Å²) in [5, 5.41) is 4.47. The van der Waals surface area contributed by atoms with E-state index in [9.17, 15) is 8.42 Å². The zero-order valence-corrected chi connectivity index (χ0v) is 21.0. The monoisotopic (exact) mass is 499 g/mol. The molecular formula is C23H25N5O2S3. The van der Waals surface area contributed by atoms with Crippen molar-refractivity contribution in [2.24, 2.45) is 0 Å². The largest absolute Gasteiger partial charge is 0.365 e. The van der Waals surface area contributed by atoms with Gasteiger partial charge in [-0.15, -0.1) is 22.7 Å². The van der Waals surface area contributed by atoms with E-state index in [0.717, 1.165) is 51.3 Å². The van der Waals surface area contributed by atoms with Gasteiger partial charge in [0.25, 0.3) is 10.0 Å². The van der Waals surface area contributed by atoms with Gasteiger partial charge in [0.2, 0.25) is 0 Å². The SMILES string of the molecule is Cc1sc2nc(-c3cccnc3)nc(NCc3ccc(S(=O)(=O)N4CCCCC4)s3)c2c1C. The Labute approximate surface area is 201 Å². The van der Waals surface area contributed by atoms with Crippen LogP contribution < -0.4 is 5.32 Å². The van der Waals surface area contributed by atoms with Gasteiger partial charge in [0, 0.05) is 40.8 Å². The lowest BCUT2D eigenvalue weighted by molar-refractivity contribution is 0.347. The Hall–Kier alpha value is -2.40. The maximum Gasteiger partial charge on any atom is 0.252 e. The zero-order chi connectivity index (χ0) is 23.0. The minimum absolute atomic E-state index is 0.410. The molecule has 1 aliphatic rings. The molecule has 1 fully saturated rings. The number of nitrogens with one attached hydrogen (secondary N) is 1. The van der Waals surface area contributed by atoms with E-state index in [1.54, 1.807) is 34.1 Å². The summed E-state index contributed by atoms with van der Waals surface area (Å²) in [4.78, 5) is 16.9. The number of thiophene rings is 2. The van der Waals surface area contributed by atoms with Gasteiger partial charge in [0.1, 0.15) is 14.9 Å². The zero-order valence-electron chi connectivity index (χ0n) is 18.5. The third-order valence-electron chi connectivity index (χ3n) is 5.92. The number of nitrogens with zero attached hydrogens (tertiary/aromatic N) is 4. The van der Waals surface area contributed by atoms with Gasteiger partial charge in [-0.1, -0.05) is 6.42 Å². The number of rotatable bonds is 6. The van der Waals surface area contributed by atoms with Crippen molar-refractivity contribution in [3.8, 4) is 11.4 Å². The van der Waals surface area contributed by atoms with Crippen LogP contribution in [0.5, 0.6) is 0 Å². The van der Waals surface area contributed by atoms with Gasteiger partial charge in [-0.05, 0) is 56.5 Å². The molecule has 1 aliphatic heterocycles. The number of pyridine rings is 1. The fourth-order valence-corrected chi connectivity index (χ4v) is 7.99. The standard InChI is InChI=1S/C23H25N5O2S3/c1-15-16(2)31-23-20(15)22(26-21(27-23)17-7-6-10-24-13-17)25-14-18-8-9-19(32-18)33(29,30)28-11-4-3-5-12-28/h6-10,13H,3-5,11-12,14H2,1-2H3,(H,25,26,27). The van der Waals surface area contributed by atoms with Crippen molar-refractivity contribution in [3.05, 3.63) is 52.0 Å². The molecule has 172 valence electrons. The highest BCUT2D eigenvalue weighted by Gasteiger charge is 2.27. The van der Waals surface area contributed by atoms with E-state index in [1.165, 1.54) is 16.2 Å². The number of piperidine rings is 1. The highest BCUT2D eigenvalue weighted by molar-refractivity contribution is 7.91. The summed E-state index contributed by atoms with van der Waals surface area (Å²) in [5.74, 6) is 1.38. The second kappa shape index (κ2) is 9.09. The van der Waals surface area contributed by atoms with Crippen molar-refractivity contribution in [2.75, 3.05) is 18.4 Å². The number of hydrogen-bond acceptors (Lipinski definition) is 8. The molecule has 5 heterocycles. The van der Waals surface area contributed by atoms with Crippen LogP contribution in [-0.2, 0) is 16.6 Å². The first kappa shape index (κ1) is 22.4. The van der Waals surface area contributed by atoms with Gasteiger partial charge in [0.15, 0.2) is 5.82 Å². The molecule has 5 rings (SSSR count). The Morgan fingerprint density at radius 1 is 1.06 bits per heavy atom. The first-order valence-corrected chi connectivity index (χ1v) is 14.0. The van der Waals surface area contributed by atoms with E-state index >= 15 is 0 Å². The number of sulfonamides is 1. The van der Waals surface area contributed by atoms with Crippen molar-refractivity contribution >= 4 is 48.7 Å². The molecule has 0 atom stereocenters. The van der Waals surface area contributed by atoms with Gasteiger partial charge in [-0.2, -0.15) is 4.31 Å². The van der Waals surface area contributed by atoms with Crippen LogP contribution >= 0.6 is 22.7 Å². The van der Waals surface area contributed by atoms with E-state index in [0.29, 0.717) is 29.7 Å². The maximum absolute atomic E-state index is 13.0. The molecule has 0 radical (unpaired) electrons. The van der Waals surface area contributed by atoms with Crippen LogP contribution in [0.4, 0.5) is 5.82 Å². The molecule has 0 unspecified atom stereocenters. The lowest BCUT2D eigenvalue weighted by Crippen LogP contribution is -2.35. The molecule has 0 aromatic carbocycles. The predicted molar refractivity (Wildman–Crippen MR) is 134 cm³/mol. The molecule has 10 heteroatoms. The first-order valence-electron chi connectivity index (χ1n) is 10.9. The van der Waals surface area contributed by atoms with Crippen molar-refractivity contribution in [3.63, 3.8) is 0 Å². The second-order valence-electron chi connectivity index (χ2n) is 8.14. The van der Waals surface area contributed by atoms with Crippen LogP contribution in [-0.4, -0.2) is 40.8 Å². The first-order chi connectivity index (χ1) is 15.9. The molecular weight excluding hydrogens is 474 g/mol. The normalized spacial score (nSPS) is 15.2. The van der Waals surface area contributed by atoms with Crippen LogP contribution in [0.1, 0.15) is 34.6 Å². The molecule has 0 aliphatic carbocycles. The minimum atomic E-state index is -3.41. The lowest BCUT2D eigenvalue weighted by atomic mass is 10.2. The Morgan fingerprint density at radius 2 is 1.88 bits per heavy atom. The quantitative estimate of drug-likeness (QED) is 0.391. The summed E-state index contributed by atoms with van der Waals surface area (Å²) in [7, 11) is -3.41. The van der Waals surface area contributed by atoms with Gasteiger partial charge < -0.3 is 5.32 Å². The number of aromatic nitrogens is 3. The van der Waals surface area contributed by atoms with E-state index in [4.69, 9.17) is 9.97 Å². The van der Waals surface area contributed by atoms with Gasteiger partial charge >= 0.3 is 0 Å². The summed E-state index contributed by atoms with van der Waals surface area (Å²) in [5.41, 5.74) is 2.02. The molecule has 1 saturated heterocycles. The fraction of sp³-hybridized carbons (Fsp3) is 0.348. The van der Waals surface area contributed by atoms with Gasteiger partial charge in [0.05, 0.1) is 11.9 Å².